The topological polar surface area (TPSA) is 95.4 Å². The molecule has 0 spiro atoms. The fourth-order valence-electron chi connectivity index (χ4n) is 1.27. The largest absolute Gasteiger partial charge is 0.497 e. The van der Waals surface area contributed by atoms with Crippen molar-refractivity contribution in [3.63, 3.8) is 0 Å². The van der Waals surface area contributed by atoms with Gasteiger partial charge in [0.25, 0.3) is 0 Å². The number of amides is 2. The number of carbonyl (C=O) groups excluding carboxylic acids is 2. The van der Waals surface area contributed by atoms with Gasteiger partial charge in [-0.15, -0.1) is 0 Å². The fraction of sp³-hybridized carbons (Fsp3) is 0.200. The minimum absolute atomic E-state index is 0.468. The van der Waals surface area contributed by atoms with E-state index in [0.717, 1.165) is 0 Å². The summed E-state index contributed by atoms with van der Waals surface area (Å²) in [6.45, 7) is 0. The summed E-state index contributed by atoms with van der Waals surface area (Å²) in [6.07, 6.45) is 0. The molecule has 0 saturated heterocycles. The van der Waals surface area contributed by atoms with Gasteiger partial charge in [-0.2, -0.15) is 0 Å². The van der Waals surface area contributed by atoms with Crippen LogP contribution in [0.25, 0.3) is 0 Å². The Labute approximate surface area is 87.0 Å². The molecule has 5 heteroatoms. The Morgan fingerprint density at radius 2 is 1.60 bits per heavy atom. The Kier molecular flexibility index (Phi) is 3.28. The van der Waals surface area contributed by atoms with Crippen LogP contribution in [0, 0.1) is 0 Å². The summed E-state index contributed by atoms with van der Waals surface area (Å²) >= 11 is 0. The molecule has 0 atom stereocenters. The lowest BCUT2D eigenvalue weighted by Gasteiger charge is -2.09. The Hall–Kier alpha value is -2.04. The average Bonchev–Trinajstić information content (AvgIpc) is 2.18. The second kappa shape index (κ2) is 4.45. The van der Waals surface area contributed by atoms with Gasteiger partial charge in [-0.1, -0.05) is 12.1 Å². The van der Waals surface area contributed by atoms with Gasteiger partial charge in [0, 0.05) is 0 Å². The summed E-state index contributed by atoms with van der Waals surface area (Å²) in [6, 6.07) is 6.43. The maximum atomic E-state index is 11.0. The molecule has 80 valence electrons. The zero-order valence-electron chi connectivity index (χ0n) is 8.27. The molecule has 1 rings (SSSR count). The first kappa shape index (κ1) is 11.0. The molecule has 15 heavy (non-hydrogen) atoms. The Morgan fingerprint density at radius 1 is 1.13 bits per heavy atom. The molecule has 4 N–H and O–H groups in total. The van der Waals surface area contributed by atoms with Crippen LogP contribution in [0.2, 0.25) is 0 Å². The second-order valence-corrected chi connectivity index (χ2v) is 3.01. The van der Waals surface area contributed by atoms with E-state index in [1.807, 2.05) is 0 Å². The van der Waals surface area contributed by atoms with Gasteiger partial charge < -0.3 is 16.2 Å². The van der Waals surface area contributed by atoms with Crippen LogP contribution in [0.5, 0.6) is 5.75 Å². The third-order valence-corrected chi connectivity index (χ3v) is 2.02. The predicted molar refractivity (Wildman–Crippen MR) is 54.1 cm³/mol. The maximum absolute atomic E-state index is 11.0. The van der Waals surface area contributed by atoms with E-state index in [2.05, 4.69) is 0 Å². The first-order valence-electron chi connectivity index (χ1n) is 4.29. The van der Waals surface area contributed by atoms with Gasteiger partial charge >= 0.3 is 0 Å². The third kappa shape index (κ3) is 2.46. The summed E-state index contributed by atoms with van der Waals surface area (Å²) in [5.41, 5.74) is 10.6. The fourth-order valence-corrected chi connectivity index (χ4v) is 1.27. The molecule has 0 aliphatic rings. The summed E-state index contributed by atoms with van der Waals surface area (Å²) in [7, 11) is 1.52. The molecular formula is C10H12N2O3. The van der Waals surface area contributed by atoms with Gasteiger partial charge in [-0.05, 0) is 17.7 Å². The lowest BCUT2D eigenvalue weighted by atomic mass is 9.98. The lowest BCUT2D eigenvalue weighted by molar-refractivity contribution is -0.128. The second-order valence-electron chi connectivity index (χ2n) is 3.01. The van der Waals surface area contributed by atoms with Gasteiger partial charge in [0.2, 0.25) is 11.8 Å². The average molecular weight is 208 g/mol. The monoisotopic (exact) mass is 208 g/mol. The SMILES string of the molecule is COc1ccc(C(C(N)=O)C(N)=O)cc1. The van der Waals surface area contributed by atoms with Crippen molar-refractivity contribution in [2.45, 2.75) is 5.92 Å². The minimum Gasteiger partial charge on any atom is -0.497 e. The van der Waals surface area contributed by atoms with E-state index < -0.39 is 17.7 Å². The van der Waals surface area contributed by atoms with Gasteiger partial charge in [0.1, 0.15) is 11.7 Å². The number of hydrogen-bond acceptors (Lipinski definition) is 3. The van der Waals surface area contributed by atoms with Crippen molar-refractivity contribution in [1.29, 1.82) is 0 Å². The van der Waals surface area contributed by atoms with Crippen molar-refractivity contribution in [1.82, 2.24) is 0 Å². The number of hydrogen-bond donors (Lipinski definition) is 2. The third-order valence-electron chi connectivity index (χ3n) is 2.02. The molecular weight excluding hydrogens is 196 g/mol. The molecule has 0 aliphatic carbocycles. The van der Waals surface area contributed by atoms with Crippen molar-refractivity contribution >= 4 is 11.8 Å². The summed E-state index contributed by atoms with van der Waals surface area (Å²) in [4.78, 5) is 22.0. The van der Waals surface area contributed by atoms with E-state index in [0.29, 0.717) is 11.3 Å². The van der Waals surface area contributed by atoms with Gasteiger partial charge in [0.05, 0.1) is 7.11 Å². The highest BCUT2D eigenvalue weighted by atomic mass is 16.5. The summed E-state index contributed by atoms with van der Waals surface area (Å²) in [5, 5.41) is 0. The van der Waals surface area contributed by atoms with E-state index in [-0.39, 0.29) is 0 Å². The molecule has 5 nitrogen and oxygen atoms in total. The van der Waals surface area contributed by atoms with E-state index >= 15 is 0 Å². The standard InChI is InChI=1S/C10H12N2O3/c1-15-7-4-2-6(3-5-7)8(9(11)13)10(12)14/h2-5,8H,1H3,(H2,11,13)(H2,12,14). The van der Waals surface area contributed by atoms with Crippen molar-refractivity contribution < 1.29 is 14.3 Å². The number of primary amides is 2. The molecule has 0 bridgehead atoms. The van der Waals surface area contributed by atoms with Crippen molar-refractivity contribution in [2.75, 3.05) is 7.11 Å². The normalized spacial score (nSPS) is 10.0. The summed E-state index contributed by atoms with van der Waals surface area (Å²) in [5.74, 6) is -1.97. The van der Waals surface area contributed by atoms with E-state index in [4.69, 9.17) is 16.2 Å². The molecule has 0 saturated carbocycles. The van der Waals surface area contributed by atoms with Gasteiger partial charge in [0.15, 0.2) is 0 Å². The minimum atomic E-state index is -1.09. The number of benzene rings is 1. The number of methoxy groups -OCH3 is 1. The first-order chi connectivity index (χ1) is 7.06. The molecule has 0 fully saturated rings. The Balaban J connectivity index is 3.02. The smallest absolute Gasteiger partial charge is 0.234 e. The highest BCUT2D eigenvalue weighted by molar-refractivity contribution is 6.04. The van der Waals surface area contributed by atoms with Crippen molar-refractivity contribution in [3.8, 4) is 5.75 Å². The molecule has 1 aromatic rings. The molecule has 1 aromatic carbocycles. The highest BCUT2D eigenvalue weighted by Crippen LogP contribution is 2.18. The van der Waals surface area contributed by atoms with Crippen LogP contribution in [0.3, 0.4) is 0 Å². The van der Waals surface area contributed by atoms with E-state index in [1.54, 1.807) is 24.3 Å². The van der Waals surface area contributed by atoms with Crippen molar-refractivity contribution in [3.05, 3.63) is 29.8 Å². The van der Waals surface area contributed by atoms with Crippen LogP contribution >= 0.6 is 0 Å². The molecule has 0 unspecified atom stereocenters. The van der Waals surface area contributed by atoms with Crippen LogP contribution in [0.4, 0.5) is 0 Å². The van der Waals surface area contributed by atoms with E-state index in [9.17, 15) is 9.59 Å². The maximum Gasteiger partial charge on any atom is 0.234 e. The number of carbonyl (C=O) groups is 2. The highest BCUT2D eigenvalue weighted by Gasteiger charge is 2.23. The number of nitrogens with two attached hydrogens (primary N) is 2. The molecule has 2 amide bonds. The molecule has 0 radical (unpaired) electrons. The van der Waals surface area contributed by atoms with Crippen LogP contribution in [0.1, 0.15) is 11.5 Å². The summed E-state index contributed by atoms with van der Waals surface area (Å²) < 4.78 is 4.94. The molecule has 0 heterocycles. The zero-order chi connectivity index (χ0) is 11.4. The van der Waals surface area contributed by atoms with Crippen LogP contribution < -0.4 is 16.2 Å². The lowest BCUT2D eigenvalue weighted by Crippen LogP contribution is -2.32. The van der Waals surface area contributed by atoms with E-state index in [1.165, 1.54) is 7.11 Å². The van der Waals surface area contributed by atoms with Gasteiger partial charge in [-0.25, -0.2) is 0 Å². The Morgan fingerprint density at radius 3 is 1.93 bits per heavy atom. The quantitative estimate of drug-likeness (QED) is 0.668. The molecule has 0 aliphatic heterocycles. The van der Waals surface area contributed by atoms with Crippen LogP contribution in [-0.4, -0.2) is 18.9 Å². The Bertz CT molecular complexity index is 359. The van der Waals surface area contributed by atoms with Crippen molar-refractivity contribution in [2.24, 2.45) is 11.5 Å². The molecule has 0 aromatic heterocycles. The number of rotatable bonds is 4. The predicted octanol–water partition coefficient (Wildman–Crippen LogP) is -0.251. The zero-order valence-corrected chi connectivity index (χ0v) is 8.27. The first-order valence-corrected chi connectivity index (χ1v) is 4.29. The van der Waals surface area contributed by atoms with Gasteiger partial charge in [-0.3, -0.25) is 9.59 Å². The van der Waals surface area contributed by atoms with Crippen LogP contribution in [-0.2, 0) is 9.59 Å². The van der Waals surface area contributed by atoms with Crippen LogP contribution in [0.15, 0.2) is 24.3 Å². The number of ether oxygens (including phenoxy) is 1.